The Morgan fingerprint density at radius 3 is 2.57 bits per heavy atom. The van der Waals surface area contributed by atoms with Gasteiger partial charge in [0.15, 0.2) is 0 Å². The molecule has 1 aliphatic heterocycles. The van der Waals surface area contributed by atoms with E-state index in [1.807, 2.05) is 12.1 Å². The molecule has 0 saturated carbocycles. The highest BCUT2D eigenvalue weighted by molar-refractivity contribution is 7.89. The lowest BCUT2D eigenvalue weighted by molar-refractivity contribution is 0.00807. The predicted molar refractivity (Wildman–Crippen MR) is 79.8 cm³/mol. The molecular weight excluding hydrogens is 290 g/mol. The Bertz CT molecular complexity index is 751. The van der Waals surface area contributed by atoms with Crippen LogP contribution in [0.2, 0.25) is 0 Å². The smallest absolute Gasteiger partial charge is 0.238 e. The third-order valence-corrected chi connectivity index (χ3v) is 4.53. The average molecular weight is 307 g/mol. The summed E-state index contributed by atoms with van der Waals surface area (Å²) in [5.74, 6) is 0.661. The van der Waals surface area contributed by atoms with Gasteiger partial charge in [0.1, 0.15) is 11.9 Å². The van der Waals surface area contributed by atoms with Crippen molar-refractivity contribution in [2.45, 2.75) is 23.8 Å². The van der Waals surface area contributed by atoms with Gasteiger partial charge >= 0.3 is 0 Å². The molecule has 2 aromatic carbocycles. The van der Waals surface area contributed by atoms with Crippen LogP contribution in [0.25, 0.3) is 10.8 Å². The third-order valence-electron chi connectivity index (χ3n) is 3.56. The van der Waals surface area contributed by atoms with Gasteiger partial charge in [0.2, 0.25) is 10.0 Å². The summed E-state index contributed by atoms with van der Waals surface area (Å²) in [5.41, 5.74) is 0. The van der Waals surface area contributed by atoms with E-state index in [-0.39, 0.29) is 11.0 Å². The minimum absolute atomic E-state index is 0.00231. The number of hydrogen-bond acceptors (Lipinski definition) is 4. The van der Waals surface area contributed by atoms with Crippen LogP contribution in [-0.2, 0) is 14.8 Å². The molecule has 0 bridgehead atoms. The Morgan fingerprint density at radius 1 is 1.14 bits per heavy atom. The van der Waals surface area contributed by atoms with Gasteiger partial charge in [-0.05, 0) is 25.0 Å². The number of ether oxygens (including phenoxy) is 2. The summed E-state index contributed by atoms with van der Waals surface area (Å²) in [6.07, 6.45) is 1.91. The van der Waals surface area contributed by atoms with Crippen LogP contribution in [0.15, 0.2) is 41.3 Å². The lowest BCUT2D eigenvalue weighted by Crippen LogP contribution is -2.28. The van der Waals surface area contributed by atoms with Gasteiger partial charge in [0.05, 0.1) is 11.5 Å². The molecule has 6 heteroatoms. The summed E-state index contributed by atoms with van der Waals surface area (Å²) in [6, 6.07) is 10.4. The molecule has 1 fully saturated rings. The minimum Gasteiger partial charge on any atom is -0.487 e. The van der Waals surface area contributed by atoms with Gasteiger partial charge in [-0.1, -0.05) is 24.3 Å². The molecule has 1 aliphatic rings. The van der Waals surface area contributed by atoms with Gasteiger partial charge < -0.3 is 9.47 Å². The quantitative estimate of drug-likeness (QED) is 0.941. The molecule has 1 atom stereocenters. The van der Waals surface area contributed by atoms with Gasteiger partial charge in [-0.3, -0.25) is 0 Å². The standard InChI is InChI=1S/C15H17NO4S/c16-21(17,18)15-8-7-14(12-5-1-2-6-13(12)15)20-11-4-3-9-19-10-11/h1-2,5-8,11H,3-4,9-10H2,(H2,16,17,18). The van der Waals surface area contributed by atoms with Crippen LogP contribution in [0, 0.1) is 0 Å². The van der Waals surface area contributed by atoms with Crippen LogP contribution in [0.3, 0.4) is 0 Å². The SMILES string of the molecule is NS(=O)(=O)c1ccc(OC2CCCOC2)c2ccccc12. The lowest BCUT2D eigenvalue weighted by Gasteiger charge is -2.24. The number of primary sulfonamides is 1. The topological polar surface area (TPSA) is 78.6 Å². The summed E-state index contributed by atoms with van der Waals surface area (Å²) >= 11 is 0. The van der Waals surface area contributed by atoms with E-state index in [1.165, 1.54) is 6.07 Å². The number of rotatable bonds is 3. The Morgan fingerprint density at radius 2 is 1.90 bits per heavy atom. The molecule has 2 N–H and O–H groups in total. The van der Waals surface area contributed by atoms with Crippen LogP contribution in [0.5, 0.6) is 5.75 Å². The third kappa shape index (κ3) is 3.02. The normalized spacial score (nSPS) is 19.6. The van der Waals surface area contributed by atoms with Gasteiger partial charge in [0.25, 0.3) is 0 Å². The molecule has 3 rings (SSSR count). The minimum atomic E-state index is -3.76. The zero-order valence-electron chi connectivity index (χ0n) is 11.5. The maximum Gasteiger partial charge on any atom is 0.238 e. The summed E-state index contributed by atoms with van der Waals surface area (Å²) in [6.45, 7) is 1.33. The average Bonchev–Trinajstić information content (AvgIpc) is 2.47. The molecule has 2 aromatic rings. The molecule has 0 aliphatic carbocycles. The predicted octanol–water partition coefficient (Wildman–Crippen LogP) is 2.04. The molecule has 1 unspecified atom stereocenters. The van der Waals surface area contributed by atoms with Crippen molar-refractivity contribution in [2.75, 3.05) is 13.2 Å². The highest BCUT2D eigenvalue weighted by Gasteiger charge is 2.19. The van der Waals surface area contributed by atoms with Crippen molar-refractivity contribution >= 4 is 20.8 Å². The van der Waals surface area contributed by atoms with E-state index in [4.69, 9.17) is 14.6 Å². The Hall–Kier alpha value is -1.63. The van der Waals surface area contributed by atoms with Crippen LogP contribution >= 0.6 is 0 Å². The summed E-state index contributed by atoms with van der Waals surface area (Å²) in [4.78, 5) is 0.116. The largest absolute Gasteiger partial charge is 0.487 e. The first-order valence-corrected chi connectivity index (χ1v) is 8.39. The van der Waals surface area contributed by atoms with E-state index in [9.17, 15) is 8.42 Å². The van der Waals surface area contributed by atoms with E-state index in [0.717, 1.165) is 24.8 Å². The molecule has 5 nitrogen and oxygen atoms in total. The van der Waals surface area contributed by atoms with Gasteiger partial charge in [-0.15, -0.1) is 0 Å². The van der Waals surface area contributed by atoms with Gasteiger partial charge in [0, 0.05) is 17.4 Å². The van der Waals surface area contributed by atoms with E-state index >= 15 is 0 Å². The number of benzene rings is 2. The Kier molecular flexibility index (Phi) is 3.84. The number of fused-ring (bicyclic) bond motifs is 1. The highest BCUT2D eigenvalue weighted by atomic mass is 32.2. The number of hydrogen-bond donors (Lipinski definition) is 1. The van der Waals surface area contributed by atoms with E-state index < -0.39 is 10.0 Å². The van der Waals surface area contributed by atoms with Crippen molar-refractivity contribution in [3.63, 3.8) is 0 Å². The van der Waals surface area contributed by atoms with Crippen molar-refractivity contribution in [1.29, 1.82) is 0 Å². The van der Waals surface area contributed by atoms with Crippen molar-refractivity contribution < 1.29 is 17.9 Å². The first kappa shape index (κ1) is 14.3. The van der Waals surface area contributed by atoms with Crippen LogP contribution in [-0.4, -0.2) is 27.7 Å². The molecule has 1 heterocycles. The van der Waals surface area contributed by atoms with E-state index in [0.29, 0.717) is 17.7 Å². The Balaban J connectivity index is 2.04. The fraction of sp³-hybridized carbons (Fsp3) is 0.333. The van der Waals surface area contributed by atoms with E-state index in [2.05, 4.69) is 0 Å². The second-order valence-corrected chi connectivity index (χ2v) is 6.64. The first-order valence-electron chi connectivity index (χ1n) is 6.84. The number of nitrogens with two attached hydrogens (primary N) is 1. The monoisotopic (exact) mass is 307 g/mol. The second-order valence-electron chi connectivity index (χ2n) is 5.11. The van der Waals surface area contributed by atoms with Crippen LogP contribution in [0.1, 0.15) is 12.8 Å². The van der Waals surface area contributed by atoms with Gasteiger partial charge in [-0.25, -0.2) is 13.6 Å². The molecular formula is C15H17NO4S. The second kappa shape index (κ2) is 5.63. The first-order chi connectivity index (χ1) is 10.1. The van der Waals surface area contributed by atoms with Crippen molar-refractivity contribution in [3.8, 4) is 5.75 Å². The summed E-state index contributed by atoms with van der Waals surface area (Å²) in [5, 5.41) is 6.59. The highest BCUT2D eigenvalue weighted by Crippen LogP contribution is 2.31. The molecule has 112 valence electrons. The molecule has 0 spiro atoms. The fourth-order valence-corrected chi connectivity index (χ4v) is 3.32. The van der Waals surface area contributed by atoms with Gasteiger partial charge in [-0.2, -0.15) is 0 Å². The molecule has 21 heavy (non-hydrogen) atoms. The fourth-order valence-electron chi connectivity index (χ4n) is 2.58. The van der Waals surface area contributed by atoms with Crippen molar-refractivity contribution in [2.24, 2.45) is 5.14 Å². The Labute approximate surface area is 123 Å². The zero-order chi connectivity index (χ0) is 14.9. The van der Waals surface area contributed by atoms with Crippen LogP contribution < -0.4 is 9.88 Å². The number of sulfonamides is 1. The summed E-state index contributed by atoms with van der Waals surface area (Å²) < 4.78 is 34.7. The van der Waals surface area contributed by atoms with Crippen molar-refractivity contribution in [3.05, 3.63) is 36.4 Å². The lowest BCUT2D eigenvalue weighted by atomic mass is 10.1. The molecule has 0 amide bonds. The van der Waals surface area contributed by atoms with E-state index in [1.54, 1.807) is 18.2 Å². The van der Waals surface area contributed by atoms with Crippen molar-refractivity contribution in [1.82, 2.24) is 0 Å². The molecule has 0 aromatic heterocycles. The molecule has 0 radical (unpaired) electrons. The molecule has 1 saturated heterocycles. The van der Waals surface area contributed by atoms with Crippen LogP contribution in [0.4, 0.5) is 0 Å². The maximum atomic E-state index is 11.7. The maximum absolute atomic E-state index is 11.7. The summed E-state index contributed by atoms with van der Waals surface area (Å²) in [7, 11) is -3.76. The zero-order valence-corrected chi connectivity index (χ0v) is 12.3.